The number of fused-ring (bicyclic) bond motifs is 1. The predicted octanol–water partition coefficient (Wildman–Crippen LogP) is 5.31. The van der Waals surface area contributed by atoms with E-state index in [0.717, 1.165) is 6.07 Å². The van der Waals surface area contributed by atoms with E-state index < -0.39 is 23.5 Å². The van der Waals surface area contributed by atoms with Crippen LogP contribution in [0.5, 0.6) is 0 Å². The molecule has 1 N–H and O–H groups in total. The van der Waals surface area contributed by atoms with Gasteiger partial charge >= 0.3 is 12.4 Å². The summed E-state index contributed by atoms with van der Waals surface area (Å²) in [6, 6.07) is 5.91. The molecule has 0 spiro atoms. The normalized spacial score (nSPS) is 16.9. The Morgan fingerprint density at radius 1 is 1.12 bits per heavy atom. The molecular weight excluding hydrogens is 452 g/mol. The van der Waals surface area contributed by atoms with Crippen molar-refractivity contribution in [3.63, 3.8) is 0 Å². The van der Waals surface area contributed by atoms with Gasteiger partial charge in [-0.15, -0.1) is 0 Å². The minimum absolute atomic E-state index is 0.210. The maximum absolute atomic E-state index is 13.3. The summed E-state index contributed by atoms with van der Waals surface area (Å²) in [6.45, 7) is 3.77. The van der Waals surface area contributed by atoms with Gasteiger partial charge in [0.05, 0.1) is 12.1 Å². The van der Waals surface area contributed by atoms with E-state index in [2.05, 4.69) is 9.97 Å². The average molecular weight is 471 g/mol. The number of nitrogens with zero attached hydrogens (tertiary/aromatic N) is 3. The van der Waals surface area contributed by atoms with E-state index in [0.29, 0.717) is 34.7 Å². The molecule has 1 atom stereocenters. The first kappa shape index (κ1) is 23.1. The molecular formula is C22H19F6N3O2. The number of halogens is 6. The second-order valence-corrected chi connectivity index (χ2v) is 7.99. The van der Waals surface area contributed by atoms with Crippen molar-refractivity contribution >= 4 is 5.69 Å². The molecule has 0 saturated heterocycles. The Balaban J connectivity index is 1.66. The minimum atomic E-state index is -5.93. The number of aliphatic hydroxyl groups is 1. The Morgan fingerprint density at radius 2 is 1.82 bits per heavy atom. The lowest BCUT2D eigenvalue weighted by atomic mass is 9.90. The smallest absolute Gasteiger partial charge is 0.430 e. The lowest BCUT2D eigenvalue weighted by Crippen LogP contribution is -2.53. The minimum Gasteiger partial charge on any atom is -0.441 e. The molecule has 3 heterocycles. The van der Waals surface area contributed by atoms with Crippen LogP contribution in [0.2, 0.25) is 0 Å². The highest BCUT2D eigenvalue weighted by atomic mass is 19.4. The Labute approximate surface area is 184 Å². The Morgan fingerprint density at radius 3 is 2.42 bits per heavy atom. The highest BCUT2D eigenvalue weighted by Crippen LogP contribution is 2.51. The SMILES string of the molecule is Cc1oc(-c2cccnc2)nc1CN1c2ccc(C(O)(C(F)(F)F)C(F)(F)F)cc2CC1C. The number of rotatable bonds is 4. The summed E-state index contributed by atoms with van der Waals surface area (Å²) in [7, 11) is 0. The zero-order valence-electron chi connectivity index (χ0n) is 17.5. The van der Waals surface area contributed by atoms with Gasteiger partial charge in [0.15, 0.2) is 0 Å². The van der Waals surface area contributed by atoms with Crippen molar-refractivity contribution in [3.05, 3.63) is 65.3 Å². The maximum Gasteiger partial charge on any atom is 0.430 e. The second-order valence-electron chi connectivity index (χ2n) is 7.99. The van der Waals surface area contributed by atoms with Gasteiger partial charge in [0, 0.05) is 29.7 Å². The fraction of sp³-hybridized carbons (Fsp3) is 0.364. The fourth-order valence-corrected chi connectivity index (χ4v) is 4.00. The van der Waals surface area contributed by atoms with Gasteiger partial charge in [-0.05, 0) is 44.0 Å². The third kappa shape index (κ3) is 3.84. The largest absolute Gasteiger partial charge is 0.441 e. The number of aryl methyl sites for hydroxylation is 1. The van der Waals surface area contributed by atoms with Gasteiger partial charge in [-0.25, -0.2) is 4.98 Å². The fourth-order valence-electron chi connectivity index (χ4n) is 4.00. The number of aromatic nitrogens is 2. The molecule has 11 heteroatoms. The topological polar surface area (TPSA) is 62.4 Å². The molecule has 1 aliphatic rings. The van der Waals surface area contributed by atoms with Crippen LogP contribution in [0.3, 0.4) is 0 Å². The number of pyridine rings is 1. The molecule has 2 aromatic heterocycles. The zero-order chi connectivity index (χ0) is 24.2. The van der Waals surface area contributed by atoms with Crippen molar-refractivity contribution in [2.75, 3.05) is 4.90 Å². The molecule has 0 fully saturated rings. The summed E-state index contributed by atoms with van der Waals surface area (Å²) in [5.74, 6) is 0.896. The van der Waals surface area contributed by atoms with E-state index in [-0.39, 0.29) is 24.6 Å². The van der Waals surface area contributed by atoms with Crippen LogP contribution in [-0.2, 0) is 18.6 Å². The molecule has 4 rings (SSSR count). The first-order valence-corrected chi connectivity index (χ1v) is 9.95. The Hall–Kier alpha value is -3.08. The Bertz CT molecular complexity index is 1140. The molecule has 33 heavy (non-hydrogen) atoms. The summed E-state index contributed by atoms with van der Waals surface area (Å²) in [4.78, 5) is 10.3. The maximum atomic E-state index is 13.3. The lowest BCUT2D eigenvalue weighted by Gasteiger charge is -2.33. The van der Waals surface area contributed by atoms with Gasteiger partial charge in [0.25, 0.3) is 5.60 Å². The van der Waals surface area contributed by atoms with E-state index in [4.69, 9.17) is 4.42 Å². The summed E-state index contributed by atoms with van der Waals surface area (Å²) < 4.78 is 85.3. The van der Waals surface area contributed by atoms with E-state index >= 15 is 0 Å². The van der Waals surface area contributed by atoms with Gasteiger partial charge in [-0.3, -0.25) is 4.98 Å². The second kappa shape index (κ2) is 7.75. The lowest BCUT2D eigenvalue weighted by molar-refractivity contribution is -0.376. The van der Waals surface area contributed by atoms with Crippen molar-refractivity contribution in [1.82, 2.24) is 9.97 Å². The number of hydrogen-bond donors (Lipinski definition) is 1. The quantitative estimate of drug-likeness (QED) is 0.523. The molecule has 1 aliphatic heterocycles. The molecule has 0 aliphatic carbocycles. The Kier molecular flexibility index (Phi) is 5.43. The van der Waals surface area contributed by atoms with Crippen LogP contribution in [0.4, 0.5) is 32.0 Å². The third-order valence-electron chi connectivity index (χ3n) is 5.80. The molecule has 1 aromatic carbocycles. The standard InChI is InChI=1S/C22H19F6N3O2/c1-12-8-15-9-16(20(32,21(23,24)25)22(26,27)28)5-6-18(15)31(12)11-17-13(2)33-19(30-17)14-4-3-7-29-10-14/h3-7,9-10,12,32H,8,11H2,1-2H3. The zero-order valence-corrected chi connectivity index (χ0v) is 17.5. The number of hydrogen-bond acceptors (Lipinski definition) is 5. The number of anilines is 1. The van der Waals surface area contributed by atoms with Crippen molar-refractivity contribution < 1.29 is 35.9 Å². The molecule has 176 valence electrons. The average Bonchev–Trinajstić information content (AvgIpc) is 3.25. The highest BCUT2D eigenvalue weighted by Gasteiger charge is 2.71. The van der Waals surface area contributed by atoms with Gasteiger partial charge in [-0.1, -0.05) is 12.1 Å². The van der Waals surface area contributed by atoms with Crippen LogP contribution in [0.1, 0.15) is 29.5 Å². The first-order valence-electron chi connectivity index (χ1n) is 9.95. The van der Waals surface area contributed by atoms with Crippen molar-refractivity contribution in [3.8, 4) is 11.5 Å². The third-order valence-corrected chi connectivity index (χ3v) is 5.80. The molecule has 5 nitrogen and oxygen atoms in total. The van der Waals surface area contributed by atoms with Crippen LogP contribution in [0, 0.1) is 6.92 Å². The monoisotopic (exact) mass is 471 g/mol. The van der Waals surface area contributed by atoms with Crippen molar-refractivity contribution in [2.24, 2.45) is 0 Å². The molecule has 0 radical (unpaired) electrons. The molecule has 1 unspecified atom stereocenters. The number of oxazole rings is 1. The van der Waals surface area contributed by atoms with Crippen LogP contribution >= 0.6 is 0 Å². The molecule has 0 amide bonds. The van der Waals surface area contributed by atoms with Crippen molar-refractivity contribution in [2.45, 2.75) is 50.8 Å². The number of benzene rings is 1. The van der Waals surface area contributed by atoms with Crippen LogP contribution in [0.25, 0.3) is 11.5 Å². The highest BCUT2D eigenvalue weighted by molar-refractivity contribution is 5.61. The van der Waals surface area contributed by atoms with Gasteiger partial charge in [-0.2, -0.15) is 26.3 Å². The van der Waals surface area contributed by atoms with Gasteiger partial charge in [0.2, 0.25) is 5.89 Å². The first-order chi connectivity index (χ1) is 15.3. The molecule has 3 aromatic rings. The van der Waals surface area contributed by atoms with Crippen LogP contribution in [0.15, 0.2) is 47.1 Å². The predicted molar refractivity (Wildman–Crippen MR) is 106 cm³/mol. The van der Waals surface area contributed by atoms with E-state index in [1.807, 2.05) is 4.90 Å². The summed E-state index contributed by atoms with van der Waals surface area (Å²) in [6.07, 6.45) is -8.45. The summed E-state index contributed by atoms with van der Waals surface area (Å²) in [5.41, 5.74) is -4.20. The van der Waals surface area contributed by atoms with Gasteiger partial charge in [0.1, 0.15) is 11.5 Å². The summed E-state index contributed by atoms with van der Waals surface area (Å²) >= 11 is 0. The van der Waals surface area contributed by atoms with Crippen LogP contribution in [-0.4, -0.2) is 33.5 Å². The number of alkyl halides is 6. The van der Waals surface area contributed by atoms with Gasteiger partial charge < -0.3 is 14.4 Å². The molecule has 0 bridgehead atoms. The van der Waals surface area contributed by atoms with Crippen LogP contribution < -0.4 is 4.90 Å². The van der Waals surface area contributed by atoms with E-state index in [1.54, 1.807) is 38.4 Å². The van der Waals surface area contributed by atoms with E-state index in [9.17, 15) is 31.4 Å². The van der Waals surface area contributed by atoms with E-state index in [1.165, 1.54) is 6.07 Å². The van der Waals surface area contributed by atoms with Crippen molar-refractivity contribution in [1.29, 1.82) is 0 Å². The molecule has 0 saturated carbocycles. The summed E-state index contributed by atoms with van der Waals surface area (Å²) in [5, 5.41) is 9.71.